The van der Waals surface area contributed by atoms with Crippen molar-refractivity contribution in [1.29, 1.82) is 0 Å². The van der Waals surface area contributed by atoms with Crippen LogP contribution in [0.15, 0.2) is 0 Å². The SMILES string of the molecule is [Ca].[Mg].[Mg].[Mg].[Mg]. The molecule has 0 saturated heterocycles. The summed E-state index contributed by atoms with van der Waals surface area (Å²) < 4.78 is 0. The molecular formula is CaMg4. The molecule has 5 heteroatoms. The molecule has 0 aliphatic carbocycles. The molecule has 0 fully saturated rings. The molecule has 0 atom stereocenters. The van der Waals surface area contributed by atoms with Crippen LogP contribution in [0, 0.1) is 0 Å². The standard InChI is InChI=1S/Ca.4Mg. The van der Waals surface area contributed by atoms with Crippen LogP contribution in [0.4, 0.5) is 0 Å². The van der Waals surface area contributed by atoms with Crippen LogP contribution in [0.2, 0.25) is 0 Å². The van der Waals surface area contributed by atoms with Gasteiger partial charge in [0.05, 0.1) is 0 Å². The molecule has 0 amide bonds. The Hall–Kier alpha value is 4.32. The largest absolute Gasteiger partial charge is 0 e. The van der Waals surface area contributed by atoms with Gasteiger partial charge < -0.3 is 0 Å². The Balaban J connectivity index is 0. The predicted molar refractivity (Wildman–Crippen MR) is 28.8 cm³/mol. The molecule has 0 aliphatic heterocycles. The maximum Gasteiger partial charge on any atom is 0 e. The third-order valence-corrected chi connectivity index (χ3v) is 0. The first-order valence-electron chi connectivity index (χ1n) is 0. The first kappa shape index (κ1) is 34.6. The molecule has 5 heavy (non-hydrogen) atoms. The molecule has 0 aromatic heterocycles. The second-order valence-corrected chi connectivity index (χ2v) is 0. The molecule has 0 N–H and O–H groups in total. The maximum absolute atomic E-state index is 0. The number of hydrogen-bond donors (Lipinski definition) is 0. The van der Waals surface area contributed by atoms with E-state index in [4.69, 9.17) is 0 Å². The second kappa shape index (κ2) is 23.9. The fourth-order valence-electron chi connectivity index (χ4n) is 0. The smallest absolute Gasteiger partial charge is 0 e. The quantitative estimate of drug-likeness (QED) is 0.342. The molecule has 0 aromatic rings. The number of hydrogen-bond acceptors (Lipinski definition) is 0. The first-order valence-corrected chi connectivity index (χ1v) is 0. The summed E-state index contributed by atoms with van der Waals surface area (Å²) in [6.45, 7) is 0. The van der Waals surface area contributed by atoms with Gasteiger partial charge in [0.1, 0.15) is 0 Å². The Kier molecular flexibility index (Phi) is 165. The van der Waals surface area contributed by atoms with Crippen molar-refractivity contribution < 1.29 is 0 Å². The van der Waals surface area contributed by atoms with Gasteiger partial charge in [-0.05, 0) is 0 Å². The first-order chi connectivity index (χ1) is 0. The van der Waals surface area contributed by atoms with Crippen LogP contribution >= 0.6 is 0 Å². The van der Waals surface area contributed by atoms with Gasteiger partial charge in [-0.25, -0.2) is 0 Å². The summed E-state index contributed by atoms with van der Waals surface area (Å²) in [5.74, 6) is 0. The van der Waals surface area contributed by atoms with Crippen molar-refractivity contribution in [2.24, 2.45) is 0 Å². The summed E-state index contributed by atoms with van der Waals surface area (Å²) in [6.07, 6.45) is 0. The molecular weight excluding hydrogens is 137 g/mol. The van der Waals surface area contributed by atoms with Gasteiger partial charge in [-0.15, -0.1) is 0 Å². The monoisotopic (exact) mass is 136 g/mol. The zero-order valence-corrected chi connectivity index (χ0v) is 11.4. The van der Waals surface area contributed by atoms with Crippen LogP contribution in [0.3, 0.4) is 0 Å². The van der Waals surface area contributed by atoms with Crippen LogP contribution in [0.5, 0.6) is 0 Å². The summed E-state index contributed by atoms with van der Waals surface area (Å²) in [4.78, 5) is 0. The molecule has 0 bridgehead atoms. The molecule has 0 heterocycles. The topological polar surface area (TPSA) is 0 Å². The van der Waals surface area contributed by atoms with Crippen LogP contribution in [-0.2, 0) is 0 Å². The molecule has 0 aliphatic rings. The van der Waals surface area contributed by atoms with Crippen molar-refractivity contribution in [2.45, 2.75) is 0 Å². The van der Waals surface area contributed by atoms with Gasteiger partial charge >= 0.3 is 0 Å². The Morgan fingerprint density at radius 3 is 0.400 bits per heavy atom. The van der Waals surface area contributed by atoms with Crippen molar-refractivity contribution in [3.8, 4) is 0 Å². The third-order valence-electron chi connectivity index (χ3n) is 0. The van der Waals surface area contributed by atoms with E-state index in [0.29, 0.717) is 0 Å². The Morgan fingerprint density at radius 1 is 0.400 bits per heavy atom. The molecule has 0 saturated carbocycles. The van der Waals surface area contributed by atoms with Crippen molar-refractivity contribution in [2.75, 3.05) is 0 Å². The van der Waals surface area contributed by atoms with E-state index in [1.54, 1.807) is 0 Å². The van der Waals surface area contributed by atoms with Gasteiger partial charge in [-0.3, -0.25) is 0 Å². The minimum Gasteiger partial charge on any atom is 0 e. The normalized spacial score (nSPS) is 0. The van der Waals surface area contributed by atoms with Crippen molar-refractivity contribution in [1.82, 2.24) is 0 Å². The van der Waals surface area contributed by atoms with Gasteiger partial charge in [0.15, 0.2) is 0 Å². The Labute approximate surface area is 127 Å². The summed E-state index contributed by atoms with van der Waals surface area (Å²) in [5, 5.41) is 0. The summed E-state index contributed by atoms with van der Waals surface area (Å²) in [5.41, 5.74) is 0. The van der Waals surface area contributed by atoms with Gasteiger partial charge in [0, 0.05) is 130 Å². The van der Waals surface area contributed by atoms with E-state index in [1.807, 2.05) is 0 Å². The Morgan fingerprint density at radius 2 is 0.400 bits per heavy atom. The van der Waals surface area contributed by atoms with Gasteiger partial charge in [-0.1, -0.05) is 0 Å². The van der Waals surface area contributed by atoms with Gasteiger partial charge in [0.2, 0.25) is 0 Å². The third kappa shape index (κ3) is 17.8. The summed E-state index contributed by atoms with van der Waals surface area (Å²) in [7, 11) is 0. The van der Waals surface area contributed by atoms with Gasteiger partial charge in [0.25, 0.3) is 0 Å². The molecule has 10 radical (unpaired) electrons. The number of rotatable bonds is 0. The molecule has 0 rings (SSSR count). The average molecular weight is 137 g/mol. The van der Waals surface area contributed by atoms with E-state index in [1.165, 1.54) is 0 Å². The van der Waals surface area contributed by atoms with Crippen LogP contribution < -0.4 is 0 Å². The minimum atomic E-state index is 0. The molecule has 0 nitrogen and oxygen atoms in total. The van der Waals surface area contributed by atoms with Crippen molar-refractivity contribution in [3.63, 3.8) is 0 Å². The summed E-state index contributed by atoms with van der Waals surface area (Å²) in [6, 6.07) is 0. The van der Waals surface area contributed by atoms with Crippen molar-refractivity contribution >= 4 is 130 Å². The van der Waals surface area contributed by atoms with E-state index in [2.05, 4.69) is 0 Å². The molecule has 10 valence electrons. The molecule has 0 spiro atoms. The predicted octanol–water partition coefficient (Wildman–Crippen LogP) is -1.90. The van der Waals surface area contributed by atoms with E-state index in [-0.39, 0.29) is 130 Å². The second-order valence-electron chi connectivity index (χ2n) is 0. The van der Waals surface area contributed by atoms with Crippen LogP contribution in [0.1, 0.15) is 0 Å². The Bertz CT molecular complexity index is 3.61. The van der Waals surface area contributed by atoms with Gasteiger partial charge in [-0.2, -0.15) is 0 Å². The molecule has 0 aromatic carbocycles. The summed E-state index contributed by atoms with van der Waals surface area (Å²) >= 11 is 0. The average Bonchev–Trinajstić information content (AvgIpc) is 0. The maximum atomic E-state index is 0. The van der Waals surface area contributed by atoms with E-state index in [9.17, 15) is 0 Å². The van der Waals surface area contributed by atoms with E-state index >= 15 is 0 Å². The molecule has 0 unspecified atom stereocenters. The van der Waals surface area contributed by atoms with E-state index < -0.39 is 0 Å². The van der Waals surface area contributed by atoms with Crippen LogP contribution in [-0.4, -0.2) is 130 Å². The zero-order valence-electron chi connectivity index (χ0n) is 3.54. The minimum absolute atomic E-state index is 0. The zero-order chi connectivity index (χ0) is 0. The van der Waals surface area contributed by atoms with Crippen molar-refractivity contribution in [3.05, 3.63) is 0 Å². The van der Waals surface area contributed by atoms with E-state index in [0.717, 1.165) is 0 Å². The fourth-order valence-corrected chi connectivity index (χ4v) is 0. The van der Waals surface area contributed by atoms with Crippen LogP contribution in [0.25, 0.3) is 0 Å². The fraction of sp³-hybridized carbons (Fsp3) is 0.